The lowest BCUT2D eigenvalue weighted by Crippen LogP contribution is -2.12. The zero-order valence-corrected chi connectivity index (χ0v) is 14.2. The van der Waals surface area contributed by atoms with Crippen LogP contribution in [0, 0.1) is 0 Å². The smallest absolute Gasteiger partial charge is 0.226 e. The molecule has 0 unspecified atom stereocenters. The Labute approximate surface area is 136 Å². The fraction of sp³-hybridized carbons (Fsp3) is 0.333. The minimum Gasteiger partial charge on any atom is -0.492 e. The lowest BCUT2D eigenvalue weighted by Gasteiger charge is -2.09. The molecule has 1 amide bonds. The number of aromatic nitrogens is 1. The van der Waals surface area contributed by atoms with Crippen molar-refractivity contribution < 1.29 is 9.53 Å². The van der Waals surface area contributed by atoms with E-state index in [2.05, 4.69) is 45.3 Å². The molecule has 0 aliphatic carbocycles. The standard InChI is InChI=1S/C15H17BrN2O2S/c1-2-11-5-6-13(12(16)10-11)20-8-3-4-14(19)18-15-17-7-9-21-15/h5-7,9-10H,2-4,8H2,1H3,(H,17,18,19). The molecular formula is C15H17BrN2O2S. The van der Waals surface area contributed by atoms with Crippen molar-refractivity contribution in [2.24, 2.45) is 0 Å². The van der Waals surface area contributed by atoms with Crippen LogP contribution in [0.4, 0.5) is 5.13 Å². The van der Waals surface area contributed by atoms with E-state index in [-0.39, 0.29) is 5.91 Å². The van der Waals surface area contributed by atoms with Crippen LogP contribution >= 0.6 is 27.3 Å². The summed E-state index contributed by atoms with van der Waals surface area (Å²) in [5.74, 6) is 0.779. The Morgan fingerprint density at radius 1 is 1.48 bits per heavy atom. The second-order valence-electron chi connectivity index (χ2n) is 4.46. The van der Waals surface area contributed by atoms with E-state index >= 15 is 0 Å². The van der Waals surface area contributed by atoms with Gasteiger partial charge in [-0.25, -0.2) is 4.98 Å². The Bertz CT molecular complexity index is 587. The van der Waals surface area contributed by atoms with Crippen molar-refractivity contribution in [2.75, 3.05) is 11.9 Å². The molecule has 4 nitrogen and oxygen atoms in total. The Morgan fingerprint density at radius 3 is 3.00 bits per heavy atom. The third-order valence-corrected chi connectivity index (χ3v) is 4.20. The monoisotopic (exact) mass is 368 g/mol. The van der Waals surface area contributed by atoms with Gasteiger partial charge in [-0.3, -0.25) is 4.79 Å². The number of halogens is 1. The summed E-state index contributed by atoms with van der Waals surface area (Å²) in [7, 11) is 0. The Kier molecular flexibility index (Phi) is 6.20. The van der Waals surface area contributed by atoms with E-state index in [1.165, 1.54) is 16.9 Å². The van der Waals surface area contributed by atoms with E-state index in [9.17, 15) is 4.79 Å². The van der Waals surface area contributed by atoms with Crippen LogP contribution < -0.4 is 10.1 Å². The quantitative estimate of drug-likeness (QED) is 0.742. The van der Waals surface area contributed by atoms with Gasteiger partial charge in [-0.1, -0.05) is 13.0 Å². The number of anilines is 1. The number of rotatable bonds is 7. The average molecular weight is 369 g/mol. The largest absolute Gasteiger partial charge is 0.492 e. The summed E-state index contributed by atoms with van der Waals surface area (Å²) in [6.45, 7) is 2.62. The van der Waals surface area contributed by atoms with Crippen LogP contribution in [-0.4, -0.2) is 17.5 Å². The third kappa shape index (κ3) is 5.13. The van der Waals surface area contributed by atoms with Crippen molar-refractivity contribution in [1.29, 1.82) is 0 Å². The molecule has 0 saturated carbocycles. The maximum absolute atomic E-state index is 11.7. The number of hydrogen-bond acceptors (Lipinski definition) is 4. The molecule has 1 aromatic carbocycles. The number of hydrogen-bond donors (Lipinski definition) is 1. The predicted molar refractivity (Wildman–Crippen MR) is 89.0 cm³/mol. The molecule has 0 aliphatic heterocycles. The molecule has 0 fully saturated rings. The highest BCUT2D eigenvalue weighted by atomic mass is 79.9. The molecular weight excluding hydrogens is 352 g/mol. The molecule has 0 atom stereocenters. The summed E-state index contributed by atoms with van der Waals surface area (Å²) in [5.41, 5.74) is 1.26. The van der Waals surface area contributed by atoms with E-state index in [1.54, 1.807) is 6.20 Å². The van der Waals surface area contributed by atoms with Crippen molar-refractivity contribution in [3.05, 3.63) is 39.8 Å². The Balaban J connectivity index is 1.71. The first-order chi connectivity index (χ1) is 10.2. The predicted octanol–water partition coefficient (Wildman–Crippen LogP) is 4.27. The van der Waals surface area contributed by atoms with Crippen LogP contribution in [0.25, 0.3) is 0 Å². The van der Waals surface area contributed by atoms with Gasteiger partial charge in [0, 0.05) is 18.0 Å². The summed E-state index contributed by atoms with van der Waals surface area (Å²) < 4.78 is 6.63. The number of ether oxygens (including phenoxy) is 1. The second-order valence-corrected chi connectivity index (χ2v) is 6.20. The number of carbonyl (C=O) groups is 1. The van der Waals surface area contributed by atoms with Crippen molar-refractivity contribution in [1.82, 2.24) is 4.98 Å². The van der Waals surface area contributed by atoms with E-state index in [0.717, 1.165) is 16.6 Å². The molecule has 0 bridgehead atoms. The zero-order valence-electron chi connectivity index (χ0n) is 11.8. The molecule has 0 spiro atoms. The highest BCUT2D eigenvalue weighted by Gasteiger charge is 2.05. The molecule has 2 rings (SSSR count). The van der Waals surface area contributed by atoms with E-state index in [1.807, 2.05) is 11.4 Å². The summed E-state index contributed by atoms with van der Waals surface area (Å²) in [6.07, 6.45) is 3.75. The van der Waals surface area contributed by atoms with Crippen LogP contribution in [0.3, 0.4) is 0 Å². The van der Waals surface area contributed by atoms with Crippen molar-refractivity contribution >= 4 is 38.3 Å². The number of thiazole rings is 1. The minimum atomic E-state index is -0.0334. The van der Waals surface area contributed by atoms with Crippen molar-refractivity contribution in [3.8, 4) is 5.75 Å². The Hall–Kier alpha value is -1.40. The van der Waals surface area contributed by atoms with Gasteiger partial charge in [0.25, 0.3) is 0 Å². The van der Waals surface area contributed by atoms with Crippen LogP contribution in [-0.2, 0) is 11.2 Å². The van der Waals surface area contributed by atoms with Gasteiger partial charge in [0.1, 0.15) is 5.75 Å². The number of nitrogens with zero attached hydrogens (tertiary/aromatic N) is 1. The van der Waals surface area contributed by atoms with Gasteiger partial charge in [-0.15, -0.1) is 11.3 Å². The number of nitrogens with one attached hydrogen (secondary N) is 1. The summed E-state index contributed by atoms with van der Waals surface area (Å²) in [4.78, 5) is 15.7. The fourth-order valence-corrected chi connectivity index (χ4v) is 2.85. The van der Waals surface area contributed by atoms with E-state index < -0.39 is 0 Å². The van der Waals surface area contributed by atoms with Gasteiger partial charge in [0.05, 0.1) is 11.1 Å². The molecule has 0 radical (unpaired) electrons. The number of benzene rings is 1. The van der Waals surface area contributed by atoms with Gasteiger partial charge in [-0.05, 0) is 46.5 Å². The van der Waals surface area contributed by atoms with Gasteiger partial charge in [-0.2, -0.15) is 0 Å². The maximum Gasteiger partial charge on any atom is 0.226 e. The molecule has 1 aromatic heterocycles. The fourth-order valence-electron chi connectivity index (χ4n) is 1.76. The maximum atomic E-state index is 11.7. The van der Waals surface area contributed by atoms with Crippen LogP contribution in [0.15, 0.2) is 34.2 Å². The molecule has 1 heterocycles. The first-order valence-electron chi connectivity index (χ1n) is 6.79. The van der Waals surface area contributed by atoms with Gasteiger partial charge in [0.15, 0.2) is 5.13 Å². The van der Waals surface area contributed by atoms with Gasteiger partial charge in [0.2, 0.25) is 5.91 Å². The molecule has 2 aromatic rings. The Morgan fingerprint density at radius 2 is 2.33 bits per heavy atom. The first kappa shape index (κ1) is 16.0. The van der Waals surface area contributed by atoms with E-state index in [4.69, 9.17) is 4.74 Å². The lowest BCUT2D eigenvalue weighted by molar-refractivity contribution is -0.116. The van der Waals surface area contributed by atoms with Gasteiger partial charge >= 0.3 is 0 Å². The van der Waals surface area contributed by atoms with Crippen molar-refractivity contribution in [2.45, 2.75) is 26.2 Å². The number of aryl methyl sites for hydroxylation is 1. The second kappa shape index (κ2) is 8.14. The highest BCUT2D eigenvalue weighted by molar-refractivity contribution is 9.10. The summed E-state index contributed by atoms with van der Waals surface area (Å²) >= 11 is 4.91. The zero-order chi connectivity index (χ0) is 15.1. The minimum absolute atomic E-state index is 0.0334. The SMILES string of the molecule is CCc1ccc(OCCCC(=O)Nc2nccs2)c(Br)c1. The van der Waals surface area contributed by atoms with Crippen molar-refractivity contribution in [3.63, 3.8) is 0 Å². The normalized spacial score (nSPS) is 10.4. The third-order valence-electron chi connectivity index (χ3n) is 2.89. The van der Waals surface area contributed by atoms with E-state index in [0.29, 0.717) is 24.6 Å². The van der Waals surface area contributed by atoms with Crippen LogP contribution in [0.5, 0.6) is 5.75 Å². The summed E-state index contributed by atoms with van der Waals surface area (Å²) in [6, 6.07) is 6.07. The molecule has 21 heavy (non-hydrogen) atoms. The topological polar surface area (TPSA) is 51.2 Å². The molecule has 0 aliphatic rings. The number of carbonyl (C=O) groups excluding carboxylic acids is 1. The van der Waals surface area contributed by atoms with Crippen LogP contribution in [0.2, 0.25) is 0 Å². The molecule has 112 valence electrons. The molecule has 0 saturated heterocycles. The lowest BCUT2D eigenvalue weighted by atomic mass is 10.2. The number of amides is 1. The first-order valence-corrected chi connectivity index (χ1v) is 8.47. The highest BCUT2D eigenvalue weighted by Crippen LogP contribution is 2.26. The summed E-state index contributed by atoms with van der Waals surface area (Å²) in [5, 5.41) is 5.22. The molecule has 1 N–H and O–H groups in total. The van der Waals surface area contributed by atoms with Crippen LogP contribution in [0.1, 0.15) is 25.3 Å². The van der Waals surface area contributed by atoms with Gasteiger partial charge < -0.3 is 10.1 Å². The average Bonchev–Trinajstić information content (AvgIpc) is 2.97. The molecule has 6 heteroatoms.